The number of carbonyl (C=O) groups excluding carboxylic acids is 1. The molecule has 6 heteroatoms. The summed E-state index contributed by atoms with van der Waals surface area (Å²) in [5, 5.41) is 12.9. The second-order valence-electron chi connectivity index (χ2n) is 2.49. The number of nitro groups is 1. The number of hydrogen-bond acceptors (Lipinski definition) is 3. The summed E-state index contributed by atoms with van der Waals surface area (Å²) in [7, 11) is 0. The minimum absolute atomic E-state index is 0.0115. The first-order chi connectivity index (χ1) is 6.63. The normalized spacial score (nSPS) is 9.50. The van der Waals surface area contributed by atoms with Gasteiger partial charge in [-0.1, -0.05) is 22.6 Å². The van der Waals surface area contributed by atoms with Crippen molar-refractivity contribution in [1.29, 1.82) is 0 Å². The Morgan fingerprint density at radius 3 is 2.43 bits per heavy atom. The van der Waals surface area contributed by atoms with E-state index in [4.69, 9.17) is 0 Å². The van der Waals surface area contributed by atoms with Crippen LogP contribution in [-0.4, -0.2) is 15.3 Å². The number of benzene rings is 1. The number of non-ortho nitro benzene ring substituents is 1. The van der Waals surface area contributed by atoms with E-state index in [1.54, 1.807) is 0 Å². The smallest absolute Gasteiger partial charge is 0.269 e. The van der Waals surface area contributed by atoms with Crippen LogP contribution in [0.15, 0.2) is 24.3 Å². The summed E-state index contributed by atoms with van der Waals surface area (Å²) in [6.07, 6.45) is 0. The maximum atomic E-state index is 10.9. The molecule has 1 rings (SSSR count). The van der Waals surface area contributed by atoms with Gasteiger partial charge in [0.25, 0.3) is 5.69 Å². The van der Waals surface area contributed by atoms with Gasteiger partial charge in [-0.25, -0.2) is 0 Å². The maximum Gasteiger partial charge on any atom is 0.269 e. The van der Waals surface area contributed by atoms with Gasteiger partial charge in [-0.3, -0.25) is 14.9 Å². The Morgan fingerprint density at radius 1 is 1.43 bits per heavy atom. The number of hydrogen-bond donors (Lipinski definition) is 1. The summed E-state index contributed by atoms with van der Waals surface area (Å²) in [5.74, 6) is -0.126. The maximum absolute atomic E-state index is 10.9. The zero-order valence-corrected chi connectivity index (χ0v) is 9.22. The first kappa shape index (κ1) is 10.9. The Hall–Kier alpha value is -1.18. The molecule has 0 aromatic heterocycles. The molecule has 0 radical (unpaired) electrons. The van der Waals surface area contributed by atoms with Crippen LogP contribution in [0.5, 0.6) is 0 Å². The SMILES string of the molecule is O=C(CI)Nc1ccc([N+](=O)[O-])cc1. The van der Waals surface area contributed by atoms with Crippen LogP contribution in [0, 0.1) is 10.1 Å². The van der Waals surface area contributed by atoms with E-state index in [0.29, 0.717) is 10.1 Å². The van der Waals surface area contributed by atoms with Crippen LogP contribution in [0.25, 0.3) is 0 Å². The topological polar surface area (TPSA) is 72.2 Å². The molecule has 0 aliphatic rings. The van der Waals surface area contributed by atoms with Crippen molar-refractivity contribution >= 4 is 39.9 Å². The molecule has 0 heterocycles. The van der Waals surface area contributed by atoms with E-state index in [1.165, 1.54) is 24.3 Å². The van der Waals surface area contributed by atoms with Gasteiger partial charge >= 0.3 is 0 Å². The van der Waals surface area contributed by atoms with Gasteiger partial charge in [0.2, 0.25) is 5.91 Å². The predicted octanol–water partition coefficient (Wildman–Crippen LogP) is 1.97. The van der Waals surface area contributed by atoms with E-state index in [-0.39, 0.29) is 11.6 Å². The standard InChI is InChI=1S/C8H7IN2O3/c9-5-8(12)10-6-1-3-7(4-2-6)11(13)14/h1-4H,5H2,(H,10,12). The molecule has 1 aromatic carbocycles. The van der Waals surface area contributed by atoms with Crippen molar-refractivity contribution in [3.05, 3.63) is 34.4 Å². The number of anilines is 1. The van der Waals surface area contributed by atoms with Crippen LogP contribution < -0.4 is 5.32 Å². The molecule has 0 aliphatic heterocycles. The molecular formula is C8H7IN2O3. The van der Waals surface area contributed by atoms with Crippen molar-refractivity contribution in [2.75, 3.05) is 9.74 Å². The minimum atomic E-state index is -0.482. The third-order valence-corrected chi connectivity index (χ3v) is 2.18. The van der Waals surface area contributed by atoms with Crippen LogP contribution >= 0.6 is 22.6 Å². The van der Waals surface area contributed by atoms with Crippen molar-refractivity contribution in [3.63, 3.8) is 0 Å². The molecule has 1 N–H and O–H groups in total. The number of alkyl halides is 1. The lowest BCUT2D eigenvalue weighted by Crippen LogP contribution is -2.11. The van der Waals surface area contributed by atoms with Crippen molar-refractivity contribution < 1.29 is 9.72 Å². The summed E-state index contributed by atoms with van der Waals surface area (Å²) < 4.78 is 0.356. The summed E-state index contributed by atoms with van der Waals surface area (Å²) in [6.45, 7) is 0. The molecule has 0 spiro atoms. The number of nitrogens with zero attached hydrogens (tertiary/aromatic N) is 1. The van der Waals surface area contributed by atoms with Gasteiger partial charge in [0.15, 0.2) is 0 Å². The molecule has 5 nitrogen and oxygen atoms in total. The van der Waals surface area contributed by atoms with Crippen LogP contribution in [0.3, 0.4) is 0 Å². The van der Waals surface area contributed by atoms with E-state index < -0.39 is 4.92 Å². The average molecular weight is 306 g/mol. The fraction of sp³-hybridized carbons (Fsp3) is 0.125. The van der Waals surface area contributed by atoms with Crippen molar-refractivity contribution in [2.45, 2.75) is 0 Å². The van der Waals surface area contributed by atoms with Gasteiger partial charge in [-0.05, 0) is 12.1 Å². The Bertz CT molecular complexity index is 350. The Labute approximate surface area is 93.8 Å². The highest BCUT2D eigenvalue weighted by atomic mass is 127. The molecule has 1 aromatic rings. The lowest BCUT2D eigenvalue weighted by Gasteiger charge is -2.01. The second-order valence-corrected chi connectivity index (χ2v) is 3.25. The van der Waals surface area contributed by atoms with Crippen LogP contribution in [0.2, 0.25) is 0 Å². The largest absolute Gasteiger partial charge is 0.325 e. The highest BCUT2D eigenvalue weighted by Gasteiger charge is 2.04. The molecule has 1 amide bonds. The fourth-order valence-corrected chi connectivity index (χ4v) is 1.05. The monoisotopic (exact) mass is 306 g/mol. The zero-order chi connectivity index (χ0) is 10.6. The van der Waals surface area contributed by atoms with Gasteiger partial charge in [0.1, 0.15) is 0 Å². The summed E-state index contributed by atoms with van der Waals surface area (Å²) in [4.78, 5) is 20.8. The zero-order valence-electron chi connectivity index (χ0n) is 7.07. The molecule has 0 aliphatic carbocycles. The predicted molar refractivity (Wildman–Crippen MR) is 60.6 cm³/mol. The van der Waals surface area contributed by atoms with E-state index in [2.05, 4.69) is 5.32 Å². The van der Waals surface area contributed by atoms with Gasteiger partial charge < -0.3 is 5.32 Å². The second kappa shape index (κ2) is 4.89. The molecular weight excluding hydrogens is 299 g/mol. The average Bonchev–Trinajstić information content (AvgIpc) is 2.18. The van der Waals surface area contributed by atoms with E-state index in [1.807, 2.05) is 22.6 Å². The van der Waals surface area contributed by atoms with Crippen molar-refractivity contribution in [3.8, 4) is 0 Å². The molecule has 0 bridgehead atoms. The Morgan fingerprint density at radius 2 is 2.00 bits per heavy atom. The molecule has 74 valence electrons. The highest BCUT2D eigenvalue weighted by Crippen LogP contribution is 2.15. The van der Waals surface area contributed by atoms with E-state index in [9.17, 15) is 14.9 Å². The lowest BCUT2D eigenvalue weighted by atomic mass is 10.3. The molecule has 0 saturated heterocycles. The number of nitro benzene ring substituents is 1. The first-order valence-corrected chi connectivity index (χ1v) is 5.26. The quantitative estimate of drug-likeness (QED) is 0.401. The molecule has 0 atom stereocenters. The number of amides is 1. The highest BCUT2D eigenvalue weighted by molar-refractivity contribution is 14.1. The van der Waals surface area contributed by atoms with Gasteiger partial charge in [0.05, 0.1) is 9.35 Å². The summed E-state index contributed by atoms with van der Waals surface area (Å²) in [5.41, 5.74) is 0.578. The lowest BCUT2D eigenvalue weighted by molar-refractivity contribution is -0.384. The van der Waals surface area contributed by atoms with Crippen LogP contribution in [0.1, 0.15) is 0 Å². The van der Waals surface area contributed by atoms with Gasteiger partial charge in [0, 0.05) is 17.8 Å². The van der Waals surface area contributed by atoms with E-state index in [0.717, 1.165) is 0 Å². The minimum Gasteiger partial charge on any atom is -0.325 e. The first-order valence-electron chi connectivity index (χ1n) is 3.74. The molecule has 0 saturated carbocycles. The van der Waals surface area contributed by atoms with Crippen molar-refractivity contribution in [2.24, 2.45) is 0 Å². The fourth-order valence-electron chi connectivity index (χ4n) is 0.861. The van der Waals surface area contributed by atoms with Gasteiger partial charge in [-0.2, -0.15) is 0 Å². The van der Waals surface area contributed by atoms with Gasteiger partial charge in [-0.15, -0.1) is 0 Å². The molecule has 0 unspecified atom stereocenters. The van der Waals surface area contributed by atoms with Crippen LogP contribution in [0.4, 0.5) is 11.4 Å². The number of halogens is 1. The van der Waals surface area contributed by atoms with Crippen LogP contribution in [-0.2, 0) is 4.79 Å². The van der Waals surface area contributed by atoms with E-state index >= 15 is 0 Å². The summed E-state index contributed by atoms with van der Waals surface area (Å²) >= 11 is 1.94. The number of nitrogens with one attached hydrogen (secondary N) is 1. The molecule has 14 heavy (non-hydrogen) atoms. The third-order valence-electron chi connectivity index (χ3n) is 1.48. The van der Waals surface area contributed by atoms with Crippen molar-refractivity contribution in [1.82, 2.24) is 0 Å². The Balaban J connectivity index is 2.73. The molecule has 0 fully saturated rings. The third kappa shape index (κ3) is 2.95. The number of carbonyl (C=O) groups is 1. The number of rotatable bonds is 3. The Kier molecular flexibility index (Phi) is 3.81. The summed E-state index contributed by atoms with van der Waals surface area (Å²) in [6, 6.07) is 5.70.